The number of carbonyl (C=O) groups is 1. The first-order valence-corrected chi connectivity index (χ1v) is 15.3. The van der Waals surface area contributed by atoms with E-state index in [1.165, 1.54) is 0 Å². The van der Waals surface area contributed by atoms with Gasteiger partial charge in [-0.05, 0) is 109 Å². The predicted octanol–water partition coefficient (Wildman–Crippen LogP) is 9.60. The van der Waals surface area contributed by atoms with Crippen LogP contribution in [0.5, 0.6) is 11.5 Å². The Bertz CT molecular complexity index is 1880. The zero-order chi connectivity index (χ0) is 31.0. The summed E-state index contributed by atoms with van der Waals surface area (Å²) in [4.78, 5) is 18.9. The normalized spacial score (nSPS) is 18.7. The molecule has 1 aromatic heterocycles. The second-order valence-electron chi connectivity index (χ2n) is 11.8. The molecule has 0 atom stereocenters. The van der Waals surface area contributed by atoms with Gasteiger partial charge in [0.2, 0.25) is 0 Å². The van der Waals surface area contributed by atoms with Gasteiger partial charge >= 0.3 is 6.18 Å². The Balaban J connectivity index is 1.11. The maximum Gasteiger partial charge on any atom is 0.416 e. The third kappa shape index (κ3) is 6.07. The monoisotopic (exact) mass is 604 g/mol. The Morgan fingerprint density at radius 2 is 1.51 bits per heavy atom. The lowest BCUT2D eigenvalue weighted by atomic mass is 9.75. The first-order chi connectivity index (χ1) is 21.8. The van der Waals surface area contributed by atoms with E-state index in [9.17, 15) is 18.0 Å². The molecule has 4 aromatic carbocycles. The van der Waals surface area contributed by atoms with Crippen LogP contribution in [0.2, 0.25) is 0 Å². The van der Waals surface area contributed by atoms with Crippen LogP contribution in [0, 0.1) is 0 Å². The number of pyridine rings is 1. The molecule has 2 aliphatic carbocycles. The molecular formula is C38H31F3N2O2. The van der Waals surface area contributed by atoms with Crippen molar-refractivity contribution in [2.75, 3.05) is 0 Å². The number of benzene rings is 4. The fourth-order valence-corrected chi connectivity index (χ4v) is 6.40. The molecule has 7 rings (SSSR count). The van der Waals surface area contributed by atoms with E-state index in [1.807, 2.05) is 78.9 Å². The molecule has 2 aliphatic rings. The highest BCUT2D eigenvalue weighted by Crippen LogP contribution is 2.40. The summed E-state index contributed by atoms with van der Waals surface area (Å²) in [6, 6.07) is 30.7. The van der Waals surface area contributed by atoms with Crippen molar-refractivity contribution in [1.82, 2.24) is 10.3 Å². The maximum atomic E-state index is 13.9. The number of allylic oxidation sites excluding steroid dienone is 1. The quantitative estimate of drug-likeness (QED) is 0.210. The molecule has 1 heterocycles. The Labute approximate surface area is 259 Å². The lowest BCUT2D eigenvalue weighted by Crippen LogP contribution is -2.43. The third-order valence-electron chi connectivity index (χ3n) is 8.78. The summed E-state index contributed by atoms with van der Waals surface area (Å²) in [5.41, 5.74) is 5.63. The minimum atomic E-state index is -4.35. The van der Waals surface area contributed by atoms with Crippen molar-refractivity contribution in [3.63, 3.8) is 0 Å². The fourth-order valence-electron chi connectivity index (χ4n) is 6.40. The number of aromatic nitrogens is 1. The van der Waals surface area contributed by atoms with Crippen LogP contribution in [0.1, 0.15) is 69.9 Å². The van der Waals surface area contributed by atoms with Gasteiger partial charge in [-0.2, -0.15) is 13.2 Å². The van der Waals surface area contributed by atoms with Crippen LogP contribution in [0.4, 0.5) is 13.2 Å². The Hall–Kier alpha value is -4.91. The first kappa shape index (κ1) is 28.8. The number of ether oxygens (including phenoxy) is 1. The topological polar surface area (TPSA) is 51.2 Å². The van der Waals surface area contributed by atoms with Crippen LogP contribution in [0.15, 0.2) is 103 Å². The predicted molar refractivity (Wildman–Crippen MR) is 170 cm³/mol. The minimum absolute atomic E-state index is 0.0393. The molecule has 4 nitrogen and oxygen atoms in total. The van der Waals surface area contributed by atoms with E-state index in [2.05, 4.69) is 11.4 Å². The van der Waals surface area contributed by atoms with Crippen LogP contribution >= 0.6 is 0 Å². The van der Waals surface area contributed by atoms with Crippen molar-refractivity contribution < 1.29 is 22.7 Å². The number of hydrogen-bond donors (Lipinski definition) is 1. The summed E-state index contributed by atoms with van der Waals surface area (Å²) in [6.45, 7) is 0. The van der Waals surface area contributed by atoms with Crippen molar-refractivity contribution >= 4 is 28.5 Å². The van der Waals surface area contributed by atoms with Gasteiger partial charge in [-0.15, -0.1) is 0 Å². The molecule has 1 N–H and O–H groups in total. The van der Waals surface area contributed by atoms with Crippen LogP contribution in [-0.2, 0) is 12.6 Å². The third-order valence-corrected chi connectivity index (χ3v) is 8.78. The van der Waals surface area contributed by atoms with Crippen molar-refractivity contribution in [3.8, 4) is 11.5 Å². The lowest BCUT2D eigenvalue weighted by Gasteiger charge is -2.36. The largest absolute Gasteiger partial charge is 0.457 e. The van der Waals surface area contributed by atoms with Crippen LogP contribution in [-0.4, -0.2) is 16.9 Å². The van der Waals surface area contributed by atoms with Crippen LogP contribution in [0.25, 0.3) is 22.6 Å². The van der Waals surface area contributed by atoms with Crippen molar-refractivity contribution in [3.05, 3.63) is 137 Å². The van der Waals surface area contributed by atoms with Crippen molar-refractivity contribution in [2.45, 2.75) is 50.2 Å². The molecule has 1 amide bonds. The standard InChI is InChI=1S/C38H31F3N2O2/c39-38(40,41)28-17-15-25(16-18-28)27-22-29(23-27)42-37(44)35-32-10-4-5-12-34(32)43-36-26(7-6-11-33(35)36)21-24-13-19-31(20-14-24)45-30-8-2-1-3-9-30/h1-5,8-10,12-21,27,29H,6-7,11,22-23H2,(H,42,44)/b26-21-. The Kier molecular flexibility index (Phi) is 7.61. The van der Waals surface area contributed by atoms with E-state index in [0.717, 1.165) is 81.8 Å². The zero-order valence-electron chi connectivity index (χ0n) is 24.5. The molecule has 0 unspecified atom stereocenters. The molecule has 7 heteroatoms. The van der Waals surface area contributed by atoms with E-state index in [1.54, 1.807) is 12.1 Å². The highest BCUT2D eigenvalue weighted by Gasteiger charge is 2.35. The molecule has 1 fully saturated rings. The van der Waals surface area contributed by atoms with Gasteiger partial charge in [-0.25, -0.2) is 4.98 Å². The van der Waals surface area contributed by atoms with E-state index < -0.39 is 11.7 Å². The Morgan fingerprint density at radius 1 is 0.822 bits per heavy atom. The van der Waals surface area contributed by atoms with Crippen LogP contribution < -0.4 is 10.1 Å². The van der Waals surface area contributed by atoms with Crippen molar-refractivity contribution in [2.24, 2.45) is 0 Å². The lowest BCUT2D eigenvalue weighted by molar-refractivity contribution is -0.137. The van der Waals surface area contributed by atoms with E-state index in [0.29, 0.717) is 18.4 Å². The molecule has 0 spiro atoms. The molecule has 5 aromatic rings. The molecule has 1 saturated carbocycles. The highest BCUT2D eigenvalue weighted by atomic mass is 19.4. The number of fused-ring (bicyclic) bond motifs is 2. The highest BCUT2D eigenvalue weighted by molar-refractivity contribution is 6.09. The summed E-state index contributed by atoms with van der Waals surface area (Å²) in [7, 11) is 0. The van der Waals surface area contributed by atoms with Gasteiger partial charge in [0.15, 0.2) is 0 Å². The van der Waals surface area contributed by atoms with E-state index in [-0.39, 0.29) is 17.9 Å². The average Bonchev–Trinajstić information content (AvgIpc) is 3.03. The van der Waals surface area contributed by atoms with E-state index in [4.69, 9.17) is 9.72 Å². The van der Waals surface area contributed by atoms with Gasteiger partial charge in [-0.1, -0.05) is 60.7 Å². The molecular weight excluding hydrogens is 573 g/mol. The second kappa shape index (κ2) is 11.9. The number of alkyl halides is 3. The maximum absolute atomic E-state index is 13.9. The smallest absolute Gasteiger partial charge is 0.416 e. The van der Waals surface area contributed by atoms with Gasteiger partial charge in [0, 0.05) is 11.4 Å². The summed E-state index contributed by atoms with van der Waals surface area (Å²) < 4.78 is 44.9. The van der Waals surface area contributed by atoms with E-state index >= 15 is 0 Å². The second-order valence-corrected chi connectivity index (χ2v) is 11.8. The molecule has 45 heavy (non-hydrogen) atoms. The number of hydrogen-bond acceptors (Lipinski definition) is 3. The Morgan fingerprint density at radius 3 is 2.24 bits per heavy atom. The van der Waals surface area contributed by atoms with Crippen molar-refractivity contribution in [1.29, 1.82) is 0 Å². The average molecular weight is 605 g/mol. The number of amides is 1. The molecule has 0 saturated heterocycles. The van der Waals surface area contributed by atoms with Gasteiger partial charge in [0.1, 0.15) is 11.5 Å². The molecule has 0 bridgehead atoms. The number of nitrogens with zero attached hydrogens (tertiary/aromatic N) is 1. The first-order valence-electron chi connectivity index (χ1n) is 15.3. The summed E-state index contributed by atoms with van der Waals surface area (Å²) in [5.74, 6) is 1.54. The molecule has 0 aliphatic heterocycles. The number of rotatable bonds is 6. The van der Waals surface area contributed by atoms with Gasteiger partial charge in [-0.3, -0.25) is 4.79 Å². The molecule has 0 radical (unpaired) electrons. The number of halogens is 3. The van der Waals surface area contributed by atoms with Gasteiger partial charge in [0.25, 0.3) is 5.91 Å². The number of carbonyl (C=O) groups excluding carboxylic acids is 1. The zero-order valence-corrected chi connectivity index (χ0v) is 24.5. The number of para-hydroxylation sites is 2. The summed E-state index contributed by atoms with van der Waals surface area (Å²) in [6.07, 6.45) is 1.71. The van der Waals surface area contributed by atoms with Gasteiger partial charge < -0.3 is 10.1 Å². The molecule has 226 valence electrons. The summed E-state index contributed by atoms with van der Waals surface area (Å²) in [5, 5.41) is 4.05. The fraction of sp³-hybridized carbons (Fsp3) is 0.211. The minimum Gasteiger partial charge on any atom is -0.457 e. The summed E-state index contributed by atoms with van der Waals surface area (Å²) >= 11 is 0. The van der Waals surface area contributed by atoms with Gasteiger partial charge in [0.05, 0.1) is 22.3 Å². The van der Waals surface area contributed by atoms with Crippen LogP contribution in [0.3, 0.4) is 0 Å². The SMILES string of the molecule is O=C(NC1CC(c2ccc(C(F)(F)F)cc2)C1)c1c2c(nc3ccccc13)/C(=C\c1ccc(Oc3ccccc3)cc1)CCC2. The number of nitrogens with one attached hydrogen (secondary N) is 1.